The Balaban J connectivity index is 2.08. The van der Waals surface area contributed by atoms with Crippen LogP contribution in [0, 0.1) is 5.82 Å². The minimum absolute atomic E-state index is 0.134. The first-order valence-electron chi connectivity index (χ1n) is 6.32. The van der Waals surface area contributed by atoms with Gasteiger partial charge in [0.1, 0.15) is 5.82 Å². The van der Waals surface area contributed by atoms with Crippen molar-refractivity contribution in [2.75, 3.05) is 0 Å². The molecule has 1 aromatic carbocycles. The molecule has 0 amide bonds. The minimum atomic E-state index is -0.304. The largest absolute Gasteiger partial charge is 0.294 e. The lowest BCUT2D eigenvalue weighted by Gasteiger charge is -2.05. The third-order valence-corrected chi connectivity index (χ3v) is 3.64. The fourth-order valence-corrected chi connectivity index (χ4v) is 2.79. The molecule has 3 heteroatoms. The van der Waals surface area contributed by atoms with Crippen molar-refractivity contribution in [2.45, 2.75) is 38.5 Å². The van der Waals surface area contributed by atoms with Crippen molar-refractivity contribution in [3.05, 3.63) is 45.7 Å². The molecular formula is C15H16BrFO. The maximum Gasteiger partial charge on any atom is 0.162 e. The normalized spacial score (nSPS) is 16.0. The molecule has 18 heavy (non-hydrogen) atoms. The van der Waals surface area contributed by atoms with Crippen molar-refractivity contribution in [1.82, 2.24) is 0 Å². The smallest absolute Gasteiger partial charge is 0.162 e. The van der Waals surface area contributed by atoms with Gasteiger partial charge in [-0.15, -0.1) is 0 Å². The second kappa shape index (κ2) is 6.28. The van der Waals surface area contributed by atoms with E-state index in [9.17, 15) is 9.18 Å². The Morgan fingerprint density at radius 3 is 2.83 bits per heavy atom. The van der Waals surface area contributed by atoms with E-state index in [1.54, 1.807) is 6.07 Å². The Hall–Kier alpha value is -0.960. The summed E-state index contributed by atoms with van der Waals surface area (Å²) in [6, 6.07) is 4.64. The summed E-state index contributed by atoms with van der Waals surface area (Å²) in [6.07, 6.45) is 7.67. The van der Waals surface area contributed by atoms with Gasteiger partial charge in [0.2, 0.25) is 0 Å². The van der Waals surface area contributed by atoms with Crippen LogP contribution in [0.1, 0.15) is 37.7 Å². The van der Waals surface area contributed by atoms with Crippen LogP contribution in [0.15, 0.2) is 34.3 Å². The van der Waals surface area contributed by atoms with Crippen LogP contribution in [0.5, 0.6) is 0 Å². The van der Waals surface area contributed by atoms with Crippen molar-refractivity contribution in [2.24, 2.45) is 0 Å². The summed E-state index contributed by atoms with van der Waals surface area (Å²) in [5, 5.41) is 0. The quantitative estimate of drug-likeness (QED) is 0.798. The van der Waals surface area contributed by atoms with Crippen molar-refractivity contribution in [3.8, 4) is 0 Å². The molecular weight excluding hydrogens is 295 g/mol. The molecule has 0 heterocycles. The molecule has 0 fully saturated rings. The molecule has 2 rings (SSSR count). The number of ketones is 1. The van der Waals surface area contributed by atoms with Crippen molar-refractivity contribution < 1.29 is 9.18 Å². The predicted octanol–water partition coefficient (Wildman–Crippen LogP) is 4.59. The van der Waals surface area contributed by atoms with E-state index in [0.717, 1.165) is 30.4 Å². The number of carbonyl (C=O) groups excluding carboxylic acids is 1. The molecule has 0 N–H and O–H groups in total. The standard InChI is InChI=1S/C15H16BrFO/c16-13-7-11(8-14(17)10-13)9-15(18)12-5-3-1-2-4-6-12/h5,7-8,10H,1-4,6,9H2. The zero-order valence-corrected chi connectivity index (χ0v) is 11.8. The number of hydrogen-bond donors (Lipinski definition) is 0. The van der Waals surface area contributed by atoms with E-state index in [1.807, 2.05) is 0 Å². The highest BCUT2D eigenvalue weighted by Gasteiger charge is 2.12. The number of rotatable bonds is 3. The molecule has 1 aromatic rings. The van der Waals surface area contributed by atoms with Crippen molar-refractivity contribution in [1.29, 1.82) is 0 Å². The van der Waals surface area contributed by atoms with Crippen LogP contribution in [-0.2, 0) is 11.2 Å². The van der Waals surface area contributed by atoms with Crippen LogP contribution >= 0.6 is 15.9 Å². The second-order valence-corrected chi connectivity index (χ2v) is 5.62. The number of Topliss-reactive ketones (excluding diaryl/α,β-unsaturated/α-hetero) is 1. The molecule has 1 nitrogen and oxygen atoms in total. The molecule has 96 valence electrons. The van der Waals surface area contributed by atoms with E-state index in [4.69, 9.17) is 0 Å². The van der Waals surface area contributed by atoms with Gasteiger partial charge in [0.15, 0.2) is 5.78 Å². The van der Waals surface area contributed by atoms with Crippen LogP contribution < -0.4 is 0 Å². The van der Waals surface area contributed by atoms with Gasteiger partial charge in [-0.2, -0.15) is 0 Å². The lowest BCUT2D eigenvalue weighted by atomic mass is 10.00. The Labute approximate surface area is 115 Å². The van der Waals surface area contributed by atoms with Gasteiger partial charge in [-0.3, -0.25) is 4.79 Å². The Kier molecular flexibility index (Phi) is 4.70. The summed E-state index contributed by atoms with van der Waals surface area (Å²) in [5.41, 5.74) is 1.66. The van der Waals surface area contributed by atoms with E-state index in [1.165, 1.54) is 25.0 Å². The number of hydrogen-bond acceptors (Lipinski definition) is 1. The fourth-order valence-electron chi connectivity index (χ4n) is 2.28. The molecule has 0 atom stereocenters. The van der Waals surface area contributed by atoms with Gasteiger partial charge in [-0.1, -0.05) is 28.4 Å². The van der Waals surface area contributed by atoms with Gasteiger partial charge in [0, 0.05) is 10.9 Å². The molecule has 0 aromatic heterocycles. The summed E-state index contributed by atoms with van der Waals surface area (Å²) in [7, 11) is 0. The van der Waals surface area contributed by atoms with Crippen molar-refractivity contribution >= 4 is 21.7 Å². The zero-order chi connectivity index (χ0) is 13.0. The summed E-state index contributed by atoms with van der Waals surface area (Å²) in [6.45, 7) is 0. The van der Waals surface area contributed by atoms with Crippen molar-refractivity contribution in [3.63, 3.8) is 0 Å². The molecule has 0 spiro atoms. The Morgan fingerprint density at radius 2 is 2.06 bits per heavy atom. The van der Waals surface area contributed by atoms with Crippen LogP contribution in [0.3, 0.4) is 0 Å². The van der Waals surface area contributed by atoms with E-state index in [2.05, 4.69) is 22.0 Å². The first kappa shape index (κ1) is 13.5. The van der Waals surface area contributed by atoms with Gasteiger partial charge >= 0.3 is 0 Å². The molecule has 0 radical (unpaired) electrons. The summed E-state index contributed by atoms with van der Waals surface area (Å²) in [5.74, 6) is -0.170. The zero-order valence-electron chi connectivity index (χ0n) is 10.2. The van der Waals surface area contributed by atoms with Gasteiger partial charge in [-0.25, -0.2) is 4.39 Å². The Morgan fingerprint density at radius 1 is 1.22 bits per heavy atom. The summed E-state index contributed by atoms with van der Waals surface area (Å²) < 4.78 is 13.9. The highest BCUT2D eigenvalue weighted by molar-refractivity contribution is 9.10. The fraction of sp³-hybridized carbons (Fsp3) is 0.400. The predicted molar refractivity (Wildman–Crippen MR) is 74.0 cm³/mol. The average Bonchev–Trinajstić information content (AvgIpc) is 2.55. The average molecular weight is 311 g/mol. The second-order valence-electron chi connectivity index (χ2n) is 4.71. The third kappa shape index (κ3) is 3.77. The van der Waals surface area contributed by atoms with Crippen LogP contribution in [0.2, 0.25) is 0 Å². The highest BCUT2D eigenvalue weighted by Crippen LogP contribution is 2.21. The molecule has 0 saturated carbocycles. The first-order valence-corrected chi connectivity index (χ1v) is 7.11. The molecule has 0 bridgehead atoms. The number of carbonyl (C=O) groups is 1. The summed E-state index contributed by atoms with van der Waals surface area (Å²) >= 11 is 3.25. The molecule has 0 aliphatic heterocycles. The van der Waals surface area contributed by atoms with Gasteiger partial charge in [-0.05, 0) is 55.0 Å². The van der Waals surface area contributed by atoms with E-state index < -0.39 is 0 Å². The van der Waals surface area contributed by atoms with Crippen LogP contribution in [0.25, 0.3) is 0 Å². The van der Waals surface area contributed by atoms with E-state index >= 15 is 0 Å². The molecule has 0 saturated heterocycles. The van der Waals surface area contributed by atoms with Gasteiger partial charge in [0.05, 0.1) is 0 Å². The van der Waals surface area contributed by atoms with E-state index in [-0.39, 0.29) is 11.6 Å². The maximum atomic E-state index is 13.2. The van der Waals surface area contributed by atoms with Gasteiger partial charge < -0.3 is 0 Å². The molecule has 1 aliphatic carbocycles. The third-order valence-electron chi connectivity index (χ3n) is 3.19. The SMILES string of the molecule is O=C(Cc1cc(F)cc(Br)c1)C1=CCCCCC1. The number of benzene rings is 1. The number of allylic oxidation sites excluding steroid dienone is 2. The number of halogens is 2. The van der Waals surface area contributed by atoms with E-state index in [0.29, 0.717) is 10.9 Å². The highest BCUT2D eigenvalue weighted by atomic mass is 79.9. The topological polar surface area (TPSA) is 17.1 Å². The Bertz CT molecular complexity index is 459. The first-order chi connectivity index (χ1) is 8.65. The molecule has 0 unspecified atom stereocenters. The summed E-state index contributed by atoms with van der Waals surface area (Å²) in [4.78, 5) is 12.1. The van der Waals surface area contributed by atoms with Crippen LogP contribution in [0.4, 0.5) is 4.39 Å². The maximum absolute atomic E-state index is 13.2. The lowest BCUT2D eigenvalue weighted by molar-refractivity contribution is -0.115. The monoisotopic (exact) mass is 310 g/mol. The van der Waals surface area contributed by atoms with Gasteiger partial charge in [0.25, 0.3) is 0 Å². The lowest BCUT2D eigenvalue weighted by Crippen LogP contribution is -2.06. The molecule has 1 aliphatic rings. The van der Waals surface area contributed by atoms with Crippen LogP contribution in [-0.4, -0.2) is 5.78 Å². The minimum Gasteiger partial charge on any atom is -0.294 e.